The molecule has 1 amide bonds. The quantitative estimate of drug-likeness (QED) is 0.867. The molecule has 0 aromatic heterocycles. The summed E-state index contributed by atoms with van der Waals surface area (Å²) in [7, 11) is -3.73. The van der Waals surface area contributed by atoms with Gasteiger partial charge in [-0.15, -0.1) is 0 Å². The van der Waals surface area contributed by atoms with Gasteiger partial charge < -0.3 is 8.92 Å². The molecule has 2 rings (SSSR count). The fourth-order valence-electron chi connectivity index (χ4n) is 2.02. The van der Waals surface area contributed by atoms with Crippen LogP contribution in [0.15, 0.2) is 36.4 Å². The second-order valence-electron chi connectivity index (χ2n) is 6.07. The van der Waals surface area contributed by atoms with Gasteiger partial charge in [0, 0.05) is 5.39 Å². The van der Waals surface area contributed by atoms with Gasteiger partial charge in [0.1, 0.15) is 5.60 Å². The van der Waals surface area contributed by atoms with E-state index >= 15 is 0 Å². The van der Waals surface area contributed by atoms with Crippen LogP contribution in [0, 0.1) is 0 Å². The number of rotatable bonds is 3. The van der Waals surface area contributed by atoms with Crippen molar-refractivity contribution in [1.29, 1.82) is 0 Å². The van der Waals surface area contributed by atoms with Gasteiger partial charge in [-0.2, -0.15) is 8.42 Å². The Bertz CT molecular complexity index is 837. The molecule has 0 heterocycles. The number of hydrogen-bond acceptors (Lipinski definition) is 5. The molecule has 6 nitrogen and oxygen atoms in total. The first kappa shape index (κ1) is 17.1. The normalized spacial score (nSPS) is 12.0. The molecule has 0 aliphatic rings. The molecule has 0 spiro atoms. The van der Waals surface area contributed by atoms with Gasteiger partial charge in [0.2, 0.25) is 0 Å². The van der Waals surface area contributed by atoms with Gasteiger partial charge in [-0.1, -0.05) is 30.3 Å². The number of hydrogen-bond donors (Lipinski definition) is 1. The molecule has 0 atom stereocenters. The molecule has 0 aliphatic carbocycles. The number of ether oxygens (including phenoxy) is 1. The van der Waals surface area contributed by atoms with E-state index in [-0.39, 0.29) is 11.4 Å². The maximum atomic E-state index is 12.1. The molecule has 0 saturated heterocycles. The van der Waals surface area contributed by atoms with Gasteiger partial charge >= 0.3 is 16.2 Å². The molecule has 0 unspecified atom stereocenters. The minimum Gasteiger partial charge on any atom is -0.444 e. The molecule has 2 aromatic rings. The van der Waals surface area contributed by atoms with Crippen LogP contribution < -0.4 is 9.50 Å². The molecule has 0 aliphatic heterocycles. The van der Waals surface area contributed by atoms with E-state index < -0.39 is 21.8 Å². The summed E-state index contributed by atoms with van der Waals surface area (Å²) in [5, 5.41) is 4.07. The van der Waals surface area contributed by atoms with Gasteiger partial charge in [0.05, 0.1) is 11.9 Å². The summed E-state index contributed by atoms with van der Waals surface area (Å²) in [6.45, 7) is 5.22. The highest BCUT2D eigenvalue weighted by atomic mass is 32.2. The lowest BCUT2D eigenvalue weighted by molar-refractivity contribution is 0.0635. The Morgan fingerprint density at radius 3 is 2.35 bits per heavy atom. The van der Waals surface area contributed by atoms with Crippen molar-refractivity contribution < 1.29 is 22.1 Å². The molecule has 124 valence electrons. The lowest BCUT2D eigenvalue weighted by Crippen LogP contribution is -2.27. The molecular formula is C16H19NO5S. The smallest absolute Gasteiger partial charge is 0.412 e. The molecule has 0 radical (unpaired) electrons. The monoisotopic (exact) mass is 337 g/mol. The second-order valence-corrected chi connectivity index (χ2v) is 7.65. The average Bonchev–Trinajstić information content (AvgIpc) is 2.38. The number of benzene rings is 2. The summed E-state index contributed by atoms with van der Waals surface area (Å²) in [5.74, 6) is 0.0389. The van der Waals surface area contributed by atoms with Crippen LogP contribution in [-0.4, -0.2) is 26.4 Å². The fraction of sp³-hybridized carbons (Fsp3) is 0.312. The average molecular weight is 337 g/mol. The number of carbonyl (C=O) groups excluding carboxylic acids is 1. The van der Waals surface area contributed by atoms with E-state index in [1.54, 1.807) is 39.0 Å². The van der Waals surface area contributed by atoms with E-state index in [2.05, 4.69) is 5.32 Å². The summed E-state index contributed by atoms with van der Waals surface area (Å²) in [4.78, 5) is 12.1. The zero-order chi connectivity index (χ0) is 17.3. The zero-order valence-electron chi connectivity index (χ0n) is 13.4. The molecule has 0 bridgehead atoms. The summed E-state index contributed by atoms with van der Waals surface area (Å²) in [6, 6.07) is 10.5. The largest absolute Gasteiger partial charge is 0.444 e. The number of nitrogens with one attached hydrogen (secondary N) is 1. The predicted octanol–water partition coefficient (Wildman–Crippen LogP) is 3.53. The molecule has 0 saturated carbocycles. The van der Waals surface area contributed by atoms with Crippen LogP contribution in [0.4, 0.5) is 10.5 Å². The summed E-state index contributed by atoms with van der Waals surface area (Å²) in [6.07, 6.45) is 0.256. The van der Waals surface area contributed by atoms with E-state index in [1.165, 1.54) is 6.07 Å². The zero-order valence-corrected chi connectivity index (χ0v) is 14.2. The van der Waals surface area contributed by atoms with Crippen molar-refractivity contribution in [2.45, 2.75) is 26.4 Å². The molecule has 1 N–H and O–H groups in total. The van der Waals surface area contributed by atoms with Crippen molar-refractivity contribution >= 4 is 32.7 Å². The Kier molecular flexibility index (Phi) is 4.51. The van der Waals surface area contributed by atoms with Crippen molar-refractivity contribution in [3.05, 3.63) is 36.4 Å². The second kappa shape index (κ2) is 6.08. The first-order valence-electron chi connectivity index (χ1n) is 6.96. The van der Waals surface area contributed by atoms with Gasteiger partial charge in [-0.3, -0.25) is 5.32 Å². The van der Waals surface area contributed by atoms with Crippen LogP contribution in [-0.2, 0) is 14.9 Å². The molecule has 0 fully saturated rings. The Hall–Kier alpha value is -2.28. The number of fused-ring (bicyclic) bond motifs is 1. The van der Waals surface area contributed by atoms with Crippen LogP contribution in [0.1, 0.15) is 20.8 Å². The van der Waals surface area contributed by atoms with Crippen LogP contribution in [0.2, 0.25) is 0 Å². The van der Waals surface area contributed by atoms with Crippen LogP contribution >= 0.6 is 0 Å². The van der Waals surface area contributed by atoms with E-state index in [0.717, 1.165) is 11.6 Å². The first-order valence-corrected chi connectivity index (χ1v) is 8.78. The molecule has 2 aromatic carbocycles. The van der Waals surface area contributed by atoms with Gasteiger partial charge in [-0.05, 0) is 32.2 Å². The molecule has 7 heteroatoms. The number of anilines is 1. The maximum Gasteiger partial charge on any atom is 0.412 e. The summed E-state index contributed by atoms with van der Waals surface area (Å²) >= 11 is 0. The highest BCUT2D eigenvalue weighted by Crippen LogP contribution is 2.34. The Morgan fingerprint density at radius 1 is 1.09 bits per heavy atom. The minimum atomic E-state index is -3.73. The van der Waals surface area contributed by atoms with E-state index in [0.29, 0.717) is 5.39 Å². The predicted molar refractivity (Wildman–Crippen MR) is 89.3 cm³/mol. The third-order valence-electron chi connectivity index (χ3n) is 2.76. The highest BCUT2D eigenvalue weighted by molar-refractivity contribution is 7.86. The van der Waals surface area contributed by atoms with Gasteiger partial charge in [0.25, 0.3) is 0 Å². The topological polar surface area (TPSA) is 81.7 Å². The number of carbonyl (C=O) groups is 1. The summed E-state index contributed by atoms with van der Waals surface area (Å²) in [5.41, 5.74) is -0.422. The van der Waals surface area contributed by atoms with Gasteiger partial charge in [0.15, 0.2) is 5.75 Å². The standard InChI is InChI=1S/C16H19NO5S/c1-16(2,3)21-15(18)17-14-12-8-6-5-7-11(12)9-10-13(14)22-23(4,19)20/h5-10H,1-4H3,(H,17,18). The van der Waals surface area contributed by atoms with E-state index in [4.69, 9.17) is 8.92 Å². The summed E-state index contributed by atoms with van der Waals surface area (Å²) < 4.78 is 33.1. The first-order chi connectivity index (χ1) is 10.6. The van der Waals surface area contributed by atoms with Crippen molar-refractivity contribution in [1.82, 2.24) is 0 Å². The van der Waals surface area contributed by atoms with Crippen molar-refractivity contribution in [2.24, 2.45) is 0 Å². The SMILES string of the molecule is CC(C)(C)OC(=O)Nc1c(OS(C)(=O)=O)ccc2ccccc12. The molecular weight excluding hydrogens is 318 g/mol. The van der Waals surface area contributed by atoms with Crippen molar-refractivity contribution in [3.63, 3.8) is 0 Å². The van der Waals surface area contributed by atoms with Crippen molar-refractivity contribution in [2.75, 3.05) is 11.6 Å². The van der Waals surface area contributed by atoms with Crippen LogP contribution in [0.25, 0.3) is 10.8 Å². The highest BCUT2D eigenvalue weighted by Gasteiger charge is 2.20. The van der Waals surface area contributed by atoms with Crippen LogP contribution in [0.5, 0.6) is 5.75 Å². The lowest BCUT2D eigenvalue weighted by Gasteiger charge is -2.21. The van der Waals surface area contributed by atoms with E-state index in [9.17, 15) is 13.2 Å². The Balaban J connectivity index is 2.48. The minimum absolute atomic E-state index is 0.0389. The third-order valence-corrected chi connectivity index (χ3v) is 3.24. The maximum absolute atomic E-state index is 12.1. The van der Waals surface area contributed by atoms with Crippen LogP contribution in [0.3, 0.4) is 0 Å². The Labute approximate surface area is 135 Å². The third kappa shape index (κ3) is 4.85. The number of amides is 1. The molecule has 23 heavy (non-hydrogen) atoms. The Morgan fingerprint density at radius 2 is 1.74 bits per heavy atom. The lowest BCUT2D eigenvalue weighted by atomic mass is 10.1. The fourth-order valence-corrected chi connectivity index (χ4v) is 2.48. The van der Waals surface area contributed by atoms with E-state index in [1.807, 2.05) is 12.1 Å². The van der Waals surface area contributed by atoms with Crippen molar-refractivity contribution in [3.8, 4) is 5.75 Å². The van der Waals surface area contributed by atoms with Gasteiger partial charge in [-0.25, -0.2) is 4.79 Å².